The standard InChI is InChI=1S/C28H22FN3O4/c1-18-13-27(34)36-25-14-23(11-12-24(18)25)35-17-26(33)30-15-20-16-32(22-5-3-2-4-6-22)31-28(20)19-7-9-21(29)10-8-19/h2-14,16H,15,17H2,1H3,(H,30,33). The van der Waals surface area contributed by atoms with Gasteiger partial charge in [-0.1, -0.05) is 18.2 Å². The van der Waals surface area contributed by atoms with E-state index in [-0.39, 0.29) is 24.9 Å². The van der Waals surface area contributed by atoms with Gasteiger partial charge in [-0.05, 0) is 61.0 Å². The maximum Gasteiger partial charge on any atom is 0.336 e. The number of fused-ring (bicyclic) bond motifs is 1. The molecule has 2 aromatic heterocycles. The van der Waals surface area contributed by atoms with E-state index < -0.39 is 5.63 Å². The molecule has 180 valence electrons. The van der Waals surface area contributed by atoms with Crippen molar-refractivity contribution >= 4 is 16.9 Å². The van der Waals surface area contributed by atoms with Gasteiger partial charge in [0.05, 0.1) is 11.4 Å². The number of aryl methyl sites for hydroxylation is 1. The molecule has 0 saturated heterocycles. The van der Waals surface area contributed by atoms with Crippen molar-refractivity contribution in [3.63, 3.8) is 0 Å². The number of aromatic nitrogens is 2. The number of carbonyl (C=O) groups is 1. The summed E-state index contributed by atoms with van der Waals surface area (Å²) in [7, 11) is 0. The zero-order valence-corrected chi connectivity index (χ0v) is 19.4. The van der Waals surface area contributed by atoms with Gasteiger partial charge in [0.2, 0.25) is 0 Å². The second-order valence-corrected chi connectivity index (χ2v) is 8.26. The molecule has 0 spiro atoms. The van der Waals surface area contributed by atoms with Crippen LogP contribution in [0.1, 0.15) is 11.1 Å². The van der Waals surface area contributed by atoms with Crippen LogP contribution in [0, 0.1) is 12.7 Å². The lowest BCUT2D eigenvalue weighted by Gasteiger charge is -2.09. The number of rotatable bonds is 7. The van der Waals surface area contributed by atoms with E-state index in [1.807, 2.05) is 43.5 Å². The van der Waals surface area contributed by atoms with Crippen molar-refractivity contribution < 1.29 is 18.3 Å². The Labute approximate surface area is 205 Å². The molecule has 5 aromatic rings. The second-order valence-electron chi connectivity index (χ2n) is 8.26. The van der Waals surface area contributed by atoms with Gasteiger partial charge in [0.25, 0.3) is 5.91 Å². The fourth-order valence-corrected chi connectivity index (χ4v) is 3.89. The molecule has 0 radical (unpaired) electrons. The molecule has 36 heavy (non-hydrogen) atoms. The lowest BCUT2D eigenvalue weighted by atomic mass is 10.1. The highest BCUT2D eigenvalue weighted by molar-refractivity contribution is 5.82. The van der Waals surface area contributed by atoms with Gasteiger partial charge in [0.1, 0.15) is 17.1 Å². The summed E-state index contributed by atoms with van der Waals surface area (Å²) in [5, 5.41) is 8.32. The maximum atomic E-state index is 13.5. The second kappa shape index (κ2) is 9.87. The van der Waals surface area contributed by atoms with Crippen molar-refractivity contribution in [1.82, 2.24) is 15.1 Å². The number of benzene rings is 3. The molecule has 0 saturated carbocycles. The number of amides is 1. The van der Waals surface area contributed by atoms with Crippen molar-refractivity contribution in [2.45, 2.75) is 13.5 Å². The highest BCUT2D eigenvalue weighted by Gasteiger charge is 2.14. The van der Waals surface area contributed by atoms with E-state index in [4.69, 9.17) is 9.15 Å². The van der Waals surface area contributed by atoms with Crippen LogP contribution >= 0.6 is 0 Å². The zero-order chi connectivity index (χ0) is 25.1. The number of halogens is 1. The smallest absolute Gasteiger partial charge is 0.336 e. The number of nitrogens with one attached hydrogen (secondary N) is 1. The molecule has 0 atom stereocenters. The lowest BCUT2D eigenvalue weighted by molar-refractivity contribution is -0.123. The molecular formula is C28H22FN3O4. The molecule has 0 aliphatic heterocycles. The Morgan fingerprint density at radius 2 is 1.83 bits per heavy atom. The normalized spacial score (nSPS) is 10.9. The molecule has 0 aliphatic carbocycles. The number of hydrogen-bond acceptors (Lipinski definition) is 5. The molecule has 0 unspecified atom stereocenters. The quantitative estimate of drug-likeness (QED) is 0.337. The molecule has 8 heteroatoms. The summed E-state index contributed by atoms with van der Waals surface area (Å²) >= 11 is 0. The van der Waals surface area contributed by atoms with E-state index in [0.29, 0.717) is 17.0 Å². The van der Waals surface area contributed by atoms with Crippen LogP contribution in [0.2, 0.25) is 0 Å². The summed E-state index contributed by atoms with van der Waals surface area (Å²) in [5.74, 6) is -0.259. The van der Waals surface area contributed by atoms with Gasteiger partial charge in [0.15, 0.2) is 6.61 Å². The minimum Gasteiger partial charge on any atom is -0.484 e. The molecule has 5 rings (SSSR count). The Hall–Kier alpha value is -4.72. The van der Waals surface area contributed by atoms with Gasteiger partial charge in [0, 0.05) is 41.4 Å². The first-order valence-electron chi connectivity index (χ1n) is 11.3. The van der Waals surface area contributed by atoms with Gasteiger partial charge < -0.3 is 14.5 Å². The van der Waals surface area contributed by atoms with E-state index >= 15 is 0 Å². The Morgan fingerprint density at radius 3 is 2.61 bits per heavy atom. The third-order valence-electron chi connectivity index (χ3n) is 5.70. The first kappa shape index (κ1) is 23.0. The molecule has 1 amide bonds. The summed E-state index contributed by atoms with van der Waals surface area (Å²) in [5.41, 5.74) is 3.76. The Morgan fingerprint density at radius 1 is 1.06 bits per heavy atom. The molecule has 3 aromatic carbocycles. The number of nitrogens with zero attached hydrogens (tertiary/aromatic N) is 2. The van der Waals surface area contributed by atoms with Crippen LogP contribution in [-0.2, 0) is 11.3 Å². The Kier molecular flexibility index (Phi) is 6.32. The zero-order valence-electron chi connectivity index (χ0n) is 19.4. The SMILES string of the molecule is Cc1cc(=O)oc2cc(OCC(=O)NCc3cn(-c4ccccc4)nc3-c3ccc(F)cc3)ccc12. The first-order valence-corrected chi connectivity index (χ1v) is 11.3. The number of hydrogen-bond donors (Lipinski definition) is 1. The minimum atomic E-state index is -0.442. The minimum absolute atomic E-state index is 0.202. The number of ether oxygens (including phenoxy) is 1. The summed E-state index contributed by atoms with van der Waals surface area (Å²) in [6, 6.07) is 22.2. The van der Waals surface area contributed by atoms with Crippen molar-refractivity contribution in [3.05, 3.63) is 112 Å². The van der Waals surface area contributed by atoms with Gasteiger partial charge in [-0.3, -0.25) is 4.79 Å². The van der Waals surface area contributed by atoms with E-state index in [1.165, 1.54) is 18.2 Å². The highest BCUT2D eigenvalue weighted by atomic mass is 19.1. The number of para-hydroxylation sites is 1. The molecular weight excluding hydrogens is 461 g/mol. The van der Waals surface area contributed by atoms with Gasteiger partial charge in [-0.15, -0.1) is 0 Å². The van der Waals surface area contributed by atoms with E-state index in [2.05, 4.69) is 10.4 Å². The molecule has 7 nitrogen and oxygen atoms in total. The average Bonchev–Trinajstić information content (AvgIpc) is 3.31. The van der Waals surface area contributed by atoms with Gasteiger partial charge in [-0.25, -0.2) is 13.9 Å². The maximum absolute atomic E-state index is 13.5. The molecule has 0 aliphatic rings. The Bertz CT molecular complexity index is 1590. The van der Waals surface area contributed by atoms with Crippen molar-refractivity contribution in [3.8, 4) is 22.7 Å². The van der Waals surface area contributed by atoms with E-state index in [1.54, 1.807) is 35.0 Å². The third kappa shape index (κ3) is 5.02. The van der Waals surface area contributed by atoms with Crippen LogP contribution in [0.15, 0.2) is 94.3 Å². The topological polar surface area (TPSA) is 86.4 Å². The molecule has 0 bridgehead atoms. The van der Waals surface area contributed by atoms with E-state index in [9.17, 15) is 14.0 Å². The molecule has 1 N–H and O–H groups in total. The summed E-state index contributed by atoms with van der Waals surface area (Å²) < 4.78 is 26.0. The lowest BCUT2D eigenvalue weighted by Crippen LogP contribution is -2.28. The largest absolute Gasteiger partial charge is 0.484 e. The fraction of sp³-hybridized carbons (Fsp3) is 0.107. The van der Waals surface area contributed by atoms with Crippen LogP contribution in [0.5, 0.6) is 5.75 Å². The summed E-state index contributed by atoms with van der Waals surface area (Å²) in [6.45, 7) is 1.81. The molecule has 2 heterocycles. The van der Waals surface area contributed by atoms with Crippen LogP contribution < -0.4 is 15.7 Å². The number of carbonyl (C=O) groups excluding carboxylic acids is 1. The first-order chi connectivity index (χ1) is 17.5. The summed E-state index contributed by atoms with van der Waals surface area (Å²) in [6.07, 6.45) is 1.84. The van der Waals surface area contributed by atoms with Gasteiger partial charge >= 0.3 is 5.63 Å². The third-order valence-corrected chi connectivity index (χ3v) is 5.70. The van der Waals surface area contributed by atoms with Crippen molar-refractivity contribution in [1.29, 1.82) is 0 Å². The van der Waals surface area contributed by atoms with Crippen LogP contribution in [-0.4, -0.2) is 22.3 Å². The Balaban J connectivity index is 1.30. The fourth-order valence-electron chi connectivity index (χ4n) is 3.89. The highest BCUT2D eigenvalue weighted by Crippen LogP contribution is 2.25. The summed E-state index contributed by atoms with van der Waals surface area (Å²) in [4.78, 5) is 24.2. The van der Waals surface area contributed by atoms with Crippen LogP contribution in [0.3, 0.4) is 0 Å². The van der Waals surface area contributed by atoms with Crippen molar-refractivity contribution in [2.24, 2.45) is 0 Å². The van der Waals surface area contributed by atoms with Crippen LogP contribution in [0.4, 0.5) is 4.39 Å². The monoisotopic (exact) mass is 483 g/mol. The average molecular weight is 483 g/mol. The van der Waals surface area contributed by atoms with E-state index in [0.717, 1.165) is 27.8 Å². The predicted molar refractivity (Wildman–Crippen MR) is 134 cm³/mol. The van der Waals surface area contributed by atoms with Gasteiger partial charge in [-0.2, -0.15) is 5.10 Å². The molecule has 0 fully saturated rings. The van der Waals surface area contributed by atoms with Crippen molar-refractivity contribution in [2.75, 3.05) is 6.61 Å². The predicted octanol–water partition coefficient (Wildman–Crippen LogP) is 4.79. The van der Waals surface area contributed by atoms with Crippen LogP contribution in [0.25, 0.3) is 27.9 Å².